The lowest BCUT2D eigenvalue weighted by molar-refractivity contribution is -0.133. The van der Waals surface area contributed by atoms with Gasteiger partial charge in [0, 0.05) is 17.9 Å². The molecule has 1 aliphatic heterocycles. The van der Waals surface area contributed by atoms with Crippen LogP contribution in [0.1, 0.15) is 49.9 Å². The van der Waals surface area contributed by atoms with E-state index in [2.05, 4.69) is 20.6 Å². The van der Waals surface area contributed by atoms with E-state index < -0.39 is 33.3 Å². The van der Waals surface area contributed by atoms with Crippen molar-refractivity contribution in [3.63, 3.8) is 0 Å². The summed E-state index contributed by atoms with van der Waals surface area (Å²) in [5.41, 5.74) is 1.94. The topological polar surface area (TPSA) is 169 Å². The van der Waals surface area contributed by atoms with Gasteiger partial charge >= 0.3 is 6.09 Å². The van der Waals surface area contributed by atoms with E-state index in [-0.39, 0.29) is 16.4 Å². The number of aromatic nitrogens is 2. The first-order valence-electron chi connectivity index (χ1n) is 15.0. The highest BCUT2D eigenvalue weighted by atomic mass is 32.2. The number of benzene rings is 3. The fourth-order valence-electron chi connectivity index (χ4n) is 5.73. The number of methoxy groups -OCH3 is 3. The minimum absolute atomic E-state index is 0.0875. The Morgan fingerprint density at radius 1 is 0.979 bits per heavy atom. The summed E-state index contributed by atoms with van der Waals surface area (Å²) in [6.07, 6.45) is 1.72. The van der Waals surface area contributed by atoms with Crippen LogP contribution >= 0.6 is 0 Å². The number of nitrogens with one attached hydrogen (secondary N) is 3. The molecule has 0 bridgehead atoms. The Kier molecular flexibility index (Phi) is 9.70. The molecular weight excluding hydrogens is 626 g/mol. The molecule has 13 nitrogen and oxygen atoms in total. The van der Waals surface area contributed by atoms with Gasteiger partial charge in [0.25, 0.3) is 5.56 Å². The molecule has 4 aromatic rings. The van der Waals surface area contributed by atoms with Crippen LogP contribution in [0, 0.1) is 0 Å². The largest absolute Gasteiger partial charge is 0.493 e. The van der Waals surface area contributed by atoms with E-state index in [1.54, 1.807) is 61.2 Å². The molecule has 2 atom stereocenters. The molecule has 1 aromatic heterocycles. The monoisotopic (exact) mass is 663 g/mol. The van der Waals surface area contributed by atoms with Crippen molar-refractivity contribution in [3.05, 3.63) is 82.4 Å². The standard InChI is InChI=1S/C33H37N5O8S/c1-19(2)47(42,43)29-13-10-22(37-33(41)46-5)17-24(29)26-7-6-14-38(26)32(40)30(20-8-12-27(44-3)28(15-20)45-4)36-21-9-11-25-23(16-21)31(39)35-18-34-25/h8-13,15-19,26,30,36H,6-7,14H2,1-5H3,(H,37,41)(H,34,35,39). The van der Waals surface area contributed by atoms with Crippen molar-refractivity contribution in [3.8, 4) is 11.5 Å². The zero-order chi connectivity index (χ0) is 33.9. The van der Waals surface area contributed by atoms with Crippen LogP contribution in [0.25, 0.3) is 10.9 Å². The Hall–Kier alpha value is -5.11. The van der Waals surface area contributed by atoms with Gasteiger partial charge in [-0.25, -0.2) is 18.2 Å². The van der Waals surface area contributed by atoms with Crippen molar-refractivity contribution in [2.24, 2.45) is 0 Å². The summed E-state index contributed by atoms with van der Waals surface area (Å²) in [5.74, 6) is 0.552. The first-order valence-corrected chi connectivity index (χ1v) is 16.5. The normalized spacial score (nSPS) is 15.4. The SMILES string of the molecule is COC(=O)Nc1ccc(S(=O)(=O)C(C)C)c(C2CCCN2C(=O)C(Nc2ccc3nc[nH]c(=O)c3c2)c2ccc(OC)c(OC)c2)c1. The number of hydrogen-bond donors (Lipinski definition) is 3. The summed E-state index contributed by atoms with van der Waals surface area (Å²) in [6.45, 7) is 3.54. The molecular formula is C33H37N5O8S. The maximum atomic E-state index is 14.7. The molecule has 1 saturated heterocycles. The zero-order valence-corrected chi connectivity index (χ0v) is 27.5. The number of aromatic amines is 1. The second-order valence-corrected chi connectivity index (χ2v) is 13.8. The van der Waals surface area contributed by atoms with E-state index in [1.807, 2.05) is 0 Å². The van der Waals surface area contributed by atoms with E-state index in [9.17, 15) is 22.8 Å². The maximum absolute atomic E-state index is 14.7. The highest BCUT2D eigenvalue weighted by molar-refractivity contribution is 7.92. The van der Waals surface area contributed by atoms with Gasteiger partial charge in [-0.05, 0) is 86.3 Å². The fourth-order valence-corrected chi connectivity index (χ4v) is 7.02. The Bertz CT molecular complexity index is 1980. The third-order valence-corrected chi connectivity index (χ3v) is 10.4. The zero-order valence-electron chi connectivity index (χ0n) is 26.7. The van der Waals surface area contributed by atoms with Gasteiger partial charge < -0.3 is 29.4 Å². The lowest BCUT2D eigenvalue weighted by Crippen LogP contribution is -2.38. The van der Waals surface area contributed by atoms with Crippen LogP contribution in [-0.4, -0.2) is 68.4 Å². The van der Waals surface area contributed by atoms with Crippen molar-refractivity contribution in [1.82, 2.24) is 14.9 Å². The summed E-state index contributed by atoms with van der Waals surface area (Å²) in [5, 5.41) is 5.52. The first kappa shape index (κ1) is 33.3. The molecule has 3 aromatic carbocycles. The van der Waals surface area contributed by atoms with Crippen LogP contribution in [-0.2, 0) is 19.4 Å². The molecule has 1 aliphatic rings. The van der Waals surface area contributed by atoms with Crippen molar-refractivity contribution in [2.75, 3.05) is 38.5 Å². The fraction of sp³-hybridized carbons (Fsp3) is 0.333. The predicted octanol–water partition coefficient (Wildman–Crippen LogP) is 4.82. The number of likely N-dealkylation sites (tertiary alicyclic amines) is 1. The number of fused-ring (bicyclic) bond motifs is 1. The van der Waals surface area contributed by atoms with Gasteiger partial charge in [-0.3, -0.25) is 14.9 Å². The molecule has 2 unspecified atom stereocenters. The number of hydrogen-bond acceptors (Lipinski definition) is 10. The van der Waals surface area contributed by atoms with E-state index >= 15 is 0 Å². The average molecular weight is 664 g/mol. The number of carbonyl (C=O) groups excluding carboxylic acids is 2. The van der Waals surface area contributed by atoms with Crippen LogP contribution in [0.3, 0.4) is 0 Å². The Morgan fingerprint density at radius 3 is 2.43 bits per heavy atom. The molecule has 47 heavy (non-hydrogen) atoms. The summed E-state index contributed by atoms with van der Waals surface area (Å²) in [6, 6.07) is 13.1. The molecule has 248 valence electrons. The van der Waals surface area contributed by atoms with Crippen molar-refractivity contribution in [1.29, 1.82) is 0 Å². The Balaban J connectivity index is 1.61. The predicted molar refractivity (Wildman–Crippen MR) is 177 cm³/mol. The molecule has 1 fully saturated rings. The molecule has 2 amide bonds. The minimum Gasteiger partial charge on any atom is -0.493 e. The van der Waals surface area contributed by atoms with E-state index in [0.29, 0.717) is 64.3 Å². The quantitative estimate of drug-likeness (QED) is 0.214. The second kappa shape index (κ2) is 13.7. The van der Waals surface area contributed by atoms with Gasteiger partial charge in [0.2, 0.25) is 5.91 Å². The van der Waals surface area contributed by atoms with Gasteiger partial charge in [0.05, 0.1) is 54.7 Å². The summed E-state index contributed by atoms with van der Waals surface area (Å²) >= 11 is 0. The molecule has 0 aliphatic carbocycles. The van der Waals surface area contributed by atoms with Crippen molar-refractivity contribution in [2.45, 2.75) is 48.9 Å². The van der Waals surface area contributed by atoms with Crippen LogP contribution in [0.2, 0.25) is 0 Å². The van der Waals surface area contributed by atoms with E-state index in [0.717, 1.165) is 0 Å². The van der Waals surface area contributed by atoms with E-state index in [4.69, 9.17) is 14.2 Å². The van der Waals surface area contributed by atoms with Gasteiger partial charge in [-0.1, -0.05) is 6.07 Å². The number of anilines is 2. The molecule has 0 spiro atoms. The minimum atomic E-state index is -3.77. The first-order chi connectivity index (χ1) is 22.5. The third kappa shape index (κ3) is 6.73. The lowest BCUT2D eigenvalue weighted by atomic mass is 10.0. The molecule has 14 heteroatoms. The number of ether oxygens (including phenoxy) is 3. The number of sulfone groups is 1. The molecule has 3 N–H and O–H groups in total. The number of amides is 2. The van der Waals surface area contributed by atoms with Crippen LogP contribution < -0.4 is 25.7 Å². The number of carbonyl (C=O) groups is 2. The van der Waals surface area contributed by atoms with Crippen LogP contribution in [0.4, 0.5) is 16.2 Å². The summed E-state index contributed by atoms with van der Waals surface area (Å²) in [4.78, 5) is 47.8. The molecule has 0 saturated carbocycles. The van der Waals surface area contributed by atoms with Crippen molar-refractivity contribution < 1.29 is 32.2 Å². The molecule has 2 heterocycles. The van der Waals surface area contributed by atoms with Gasteiger partial charge in [-0.2, -0.15) is 0 Å². The van der Waals surface area contributed by atoms with Gasteiger partial charge in [-0.15, -0.1) is 0 Å². The highest BCUT2D eigenvalue weighted by Crippen LogP contribution is 2.41. The van der Waals surface area contributed by atoms with Crippen LogP contribution in [0.5, 0.6) is 11.5 Å². The Morgan fingerprint density at radius 2 is 1.72 bits per heavy atom. The second-order valence-electron chi connectivity index (χ2n) is 11.3. The number of rotatable bonds is 10. The van der Waals surface area contributed by atoms with E-state index in [1.165, 1.54) is 39.8 Å². The third-order valence-electron chi connectivity index (χ3n) is 8.20. The summed E-state index contributed by atoms with van der Waals surface area (Å²) < 4.78 is 42.8. The van der Waals surface area contributed by atoms with Gasteiger partial charge in [0.15, 0.2) is 21.3 Å². The molecule has 5 rings (SSSR count). The lowest BCUT2D eigenvalue weighted by Gasteiger charge is -2.32. The van der Waals surface area contributed by atoms with Crippen LogP contribution in [0.15, 0.2) is 70.6 Å². The molecule has 0 radical (unpaired) electrons. The van der Waals surface area contributed by atoms with Crippen molar-refractivity contribution >= 4 is 44.1 Å². The van der Waals surface area contributed by atoms with Gasteiger partial charge in [0.1, 0.15) is 6.04 Å². The number of H-pyrrole nitrogens is 1. The average Bonchev–Trinajstić information content (AvgIpc) is 3.57. The highest BCUT2D eigenvalue weighted by Gasteiger charge is 2.38. The summed E-state index contributed by atoms with van der Waals surface area (Å²) in [7, 11) is 0.468. The smallest absolute Gasteiger partial charge is 0.411 e. The maximum Gasteiger partial charge on any atom is 0.411 e. The Labute approximate surface area is 272 Å². The number of nitrogens with zero attached hydrogens (tertiary/aromatic N) is 2.